The fraction of sp³-hybridized carbons (Fsp3) is 0.640. The van der Waals surface area contributed by atoms with Crippen molar-refractivity contribution >= 4 is 17.7 Å². The van der Waals surface area contributed by atoms with Gasteiger partial charge in [0.2, 0.25) is 11.8 Å². The van der Waals surface area contributed by atoms with Crippen molar-refractivity contribution in [2.24, 2.45) is 11.7 Å². The smallest absolute Gasteiger partial charge is 0.343 e. The second kappa shape index (κ2) is 12.4. The molecule has 35 heavy (non-hydrogen) atoms. The van der Waals surface area contributed by atoms with Gasteiger partial charge in [-0.2, -0.15) is 13.2 Å². The quantitative estimate of drug-likeness (QED) is 0.517. The zero-order valence-corrected chi connectivity index (χ0v) is 20.8. The van der Waals surface area contributed by atoms with Crippen molar-refractivity contribution in [3.8, 4) is 0 Å². The SMILES string of the molecule is CC[C@H](N)C(=O)N[C@H](C(=O)N1CCC[C@H]1CCN(C(=O)C(F)(F)F)[C@H](C)c1ccccc1)C(C)C. The normalized spacial score (nSPS) is 18.8. The first kappa shape index (κ1) is 28.6. The molecule has 0 aliphatic carbocycles. The molecule has 1 aliphatic heterocycles. The van der Waals surface area contributed by atoms with E-state index in [1.807, 2.05) is 13.8 Å². The van der Waals surface area contributed by atoms with Gasteiger partial charge < -0.3 is 20.9 Å². The molecular formula is C25H37F3N4O3. The highest BCUT2D eigenvalue weighted by Gasteiger charge is 2.44. The van der Waals surface area contributed by atoms with Gasteiger partial charge in [-0.1, -0.05) is 51.1 Å². The van der Waals surface area contributed by atoms with E-state index in [1.165, 1.54) is 0 Å². The first-order valence-corrected chi connectivity index (χ1v) is 12.2. The number of hydrogen-bond acceptors (Lipinski definition) is 4. The lowest BCUT2D eigenvalue weighted by molar-refractivity contribution is -0.188. The molecule has 0 radical (unpaired) electrons. The molecule has 1 aliphatic rings. The summed E-state index contributed by atoms with van der Waals surface area (Å²) >= 11 is 0. The number of hydrogen-bond donors (Lipinski definition) is 2. The van der Waals surface area contributed by atoms with Crippen LogP contribution in [0.5, 0.6) is 0 Å². The van der Waals surface area contributed by atoms with Gasteiger partial charge in [0.1, 0.15) is 6.04 Å². The fourth-order valence-electron chi connectivity index (χ4n) is 4.40. The van der Waals surface area contributed by atoms with Gasteiger partial charge in [0.15, 0.2) is 0 Å². The van der Waals surface area contributed by atoms with E-state index in [-0.39, 0.29) is 30.8 Å². The highest BCUT2D eigenvalue weighted by molar-refractivity contribution is 5.90. The lowest BCUT2D eigenvalue weighted by atomic mass is 10.0. The second-order valence-corrected chi connectivity index (χ2v) is 9.44. The standard InChI is InChI=1S/C25H37F3N4O3/c1-5-20(29)22(33)30-21(16(2)3)23(34)32-14-9-12-19(32)13-15-31(24(35)25(26,27)28)17(4)18-10-7-6-8-11-18/h6-8,10-11,16-17,19-21H,5,9,12-15,29H2,1-4H3,(H,30,33)/t17-,19+,20+,21+/m1/s1. The lowest BCUT2D eigenvalue weighted by Gasteiger charge is -2.34. The number of amides is 3. The van der Waals surface area contributed by atoms with Crippen LogP contribution in [-0.4, -0.2) is 64.9 Å². The molecule has 1 aromatic rings. The number of nitrogens with one attached hydrogen (secondary N) is 1. The molecule has 7 nitrogen and oxygen atoms in total. The Kier molecular flexibility index (Phi) is 10.1. The number of rotatable bonds is 10. The van der Waals surface area contributed by atoms with Crippen molar-refractivity contribution in [1.29, 1.82) is 0 Å². The first-order chi connectivity index (χ1) is 16.4. The van der Waals surface area contributed by atoms with Crippen molar-refractivity contribution in [1.82, 2.24) is 15.1 Å². The summed E-state index contributed by atoms with van der Waals surface area (Å²) in [5, 5.41) is 2.74. The number of alkyl halides is 3. The number of likely N-dealkylation sites (tertiary alicyclic amines) is 1. The molecule has 3 N–H and O–H groups in total. The van der Waals surface area contributed by atoms with Gasteiger partial charge in [-0.25, -0.2) is 0 Å². The Morgan fingerprint density at radius 2 is 1.80 bits per heavy atom. The Hall–Kier alpha value is -2.62. The number of carbonyl (C=O) groups is 3. The average Bonchev–Trinajstić information content (AvgIpc) is 3.29. The van der Waals surface area contributed by atoms with Crippen LogP contribution in [0.1, 0.15) is 65.0 Å². The molecule has 0 unspecified atom stereocenters. The number of benzene rings is 1. The van der Waals surface area contributed by atoms with E-state index in [0.717, 1.165) is 4.90 Å². The molecule has 196 valence electrons. The number of carbonyl (C=O) groups excluding carboxylic acids is 3. The van der Waals surface area contributed by atoms with Crippen LogP contribution in [0, 0.1) is 5.92 Å². The Balaban J connectivity index is 2.17. The summed E-state index contributed by atoms with van der Waals surface area (Å²) in [7, 11) is 0. The molecule has 0 spiro atoms. The van der Waals surface area contributed by atoms with Crippen LogP contribution in [-0.2, 0) is 14.4 Å². The minimum absolute atomic E-state index is 0.151. The largest absolute Gasteiger partial charge is 0.471 e. The number of halogens is 3. The highest BCUT2D eigenvalue weighted by Crippen LogP contribution is 2.29. The third-order valence-electron chi connectivity index (χ3n) is 6.62. The van der Waals surface area contributed by atoms with Crippen molar-refractivity contribution in [2.45, 2.75) is 83.7 Å². The van der Waals surface area contributed by atoms with Gasteiger partial charge in [-0.15, -0.1) is 0 Å². The predicted molar refractivity (Wildman–Crippen MR) is 127 cm³/mol. The highest BCUT2D eigenvalue weighted by atomic mass is 19.4. The third-order valence-corrected chi connectivity index (χ3v) is 6.62. The van der Waals surface area contributed by atoms with Crippen LogP contribution in [0.4, 0.5) is 13.2 Å². The molecular weight excluding hydrogens is 461 g/mol. The number of nitrogens with two attached hydrogens (primary N) is 1. The zero-order valence-electron chi connectivity index (χ0n) is 20.8. The monoisotopic (exact) mass is 498 g/mol. The second-order valence-electron chi connectivity index (χ2n) is 9.44. The van der Waals surface area contributed by atoms with Crippen LogP contribution in [0.2, 0.25) is 0 Å². The van der Waals surface area contributed by atoms with E-state index < -0.39 is 36.1 Å². The molecule has 0 bridgehead atoms. The molecule has 1 heterocycles. The summed E-state index contributed by atoms with van der Waals surface area (Å²) < 4.78 is 40.2. The van der Waals surface area contributed by atoms with E-state index in [4.69, 9.17) is 5.73 Å². The minimum atomic E-state index is -5.00. The topological polar surface area (TPSA) is 95.7 Å². The summed E-state index contributed by atoms with van der Waals surface area (Å²) in [4.78, 5) is 40.4. The molecule has 1 saturated heterocycles. The molecule has 2 rings (SSSR count). The van der Waals surface area contributed by atoms with Crippen LogP contribution in [0.25, 0.3) is 0 Å². The first-order valence-electron chi connectivity index (χ1n) is 12.2. The van der Waals surface area contributed by atoms with Crippen LogP contribution in [0.3, 0.4) is 0 Å². The maximum atomic E-state index is 13.4. The summed E-state index contributed by atoms with van der Waals surface area (Å²) in [5.41, 5.74) is 6.40. The van der Waals surface area contributed by atoms with Gasteiger partial charge in [-0.3, -0.25) is 14.4 Å². The zero-order chi connectivity index (χ0) is 26.3. The molecule has 10 heteroatoms. The van der Waals surface area contributed by atoms with Crippen molar-refractivity contribution in [2.75, 3.05) is 13.1 Å². The Morgan fingerprint density at radius 1 is 1.17 bits per heavy atom. The molecule has 4 atom stereocenters. The maximum Gasteiger partial charge on any atom is 0.471 e. The van der Waals surface area contributed by atoms with Crippen molar-refractivity contribution < 1.29 is 27.6 Å². The van der Waals surface area contributed by atoms with E-state index in [2.05, 4.69) is 5.32 Å². The Morgan fingerprint density at radius 3 is 2.34 bits per heavy atom. The fourth-order valence-corrected chi connectivity index (χ4v) is 4.40. The van der Waals surface area contributed by atoms with Gasteiger partial charge >= 0.3 is 12.1 Å². The van der Waals surface area contributed by atoms with Gasteiger partial charge in [0.25, 0.3) is 0 Å². The van der Waals surface area contributed by atoms with Crippen LogP contribution >= 0.6 is 0 Å². The summed E-state index contributed by atoms with van der Waals surface area (Å²) in [6.07, 6.45) is -3.05. The molecule has 0 aromatic heterocycles. The van der Waals surface area contributed by atoms with Gasteiger partial charge in [-0.05, 0) is 44.1 Å². The molecule has 1 aromatic carbocycles. The van der Waals surface area contributed by atoms with Crippen LogP contribution in [0.15, 0.2) is 30.3 Å². The van der Waals surface area contributed by atoms with E-state index in [9.17, 15) is 27.6 Å². The van der Waals surface area contributed by atoms with Crippen LogP contribution < -0.4 is 11.1 Å². The minimum Gasteiger partial charge on any atom is -0.343 e. The number of nitrogens with zero attached hydrogens (tertiary/aromatic N) is 2. The van der Waals surface area contributed by atoms with E-state index in [1.54, 1.807) is 49.1 Å². The average molecular weight is 499 g/mol. The Labute approximate surface area is 205 Å². The molecule has 0 saturated carbocycles. The van der Waals surface area contributed by atoms with Crippen molar-refractivity contribution in [3.63, 3.8) is 0 Å². The summed E-state index contributed by atoms with van der Waals surface area (Å²) in [6.45, 7) is 7.27. The van der Waals surface area contributed by atoms with Gasteiger partial charge in [0.05, 0.1) is 12.1 Å². The van der Waals surface area contributed by atoms with Crippen molar-refractivity contribution in [3.05, 3.63) is 35.9 Å². The van der Waals surface area contributed by atoms with E-state index >= 15 is 0 Å². The molecule has 1 fully saturated rings. The summed E-state index contributed by atoms with van der Waals surface area (Å²) in [5.74, 6) is -2.78. The van der Waals surface area contributed by atoms with Gasteiger partial charge in [0, 0.05) is 19.1 Å². The molecule has 3 amide bonds. The Bertz CT molecular complexity index is 863. The van der Waals surface area contributed by atoms with E-state index in [0.29, 0.717) is 31.4 Å². The predicted octanol–water partition coefficient (Wildman–Crippen LogP) is 3.40. The summed E-state index contributed by atoms with van der Waals surface area (Å²) in [6, 6.07) is 5.94. The lowest BCUT2D eigenvalue weighted by Crippen LogP contribution is -2.55. The maximum absolute atomic E-state index is 13.4. The third kappa shape index (κ3) is 7.43.